The lowest BCUT2D eigenvalue weighted by Gasteiger charge is -2.33. The van der Waals surface area contributed by atoms with Gasteiger partial charge in [-0.25, -0.2) is 4.79 Å². The van der Waals surface area contributed by atoms with Gasteiger partial charge in [0.1, 0.15) is 0 Å². The van der Waals surface area contributed by atoms with Crippen LogP contribution in [0.4, 0.5) is 4.79 Å². The molecular formula is C17H25N3O2. The van der Waals surface area contributed by atoms with Crippen LogP contribution in [0.1, 0.15) is 37.9 Å². The Morgan fingerprint density at radius 2 is 1.95 bits per heavy atom. The third kappa shape index (κ3) is 3.65. The van der Waals surface area contributed by atoms with Crippen LogP contribution in [0.5, 0.6) is 0 Å². The van der Waals surface area contributed by atoms with Gasteiger partial charge in [0.25, 0.3) is 0 Å². The topological polar surface area (TPSA) is 61.4 Å². The second-order valence-corrected chi connectivity index (χ2v) is 6.81. The van der Waals surface area contributed by atoms with Crippen LogP contribution in [0.3, 0.4) is 0 Å². The minimum atomic E-state index is -0.296. The maximum absolute atomic E-state index is 11.6. The third-order valence-electron chi connectivity index (χ3n) is 3.99. The van der Waals surface area contributed by atoms with Crippen LogP contribution >= 0.6 is 0 Å². The van der Waals surface area contributed by atoms with E-state index in [1.165, 1.54) is 16.0 Å². The molecule has 1 saturated heterocycles. The summed E-state index contributed by atoms with van der Waals surface area (Å²) in [4.78, 5) is 24.4. The highest BCUT2D eigenvalue weighted by molar-refractivity contribution is 6.01. The molecule has 0 spiro atoms. The highest BCUT2D eigenvalue weighted by Gasteiger charge is 2.30. The van der Waals surface area contributed by atoms with E-state index >= 15 is 0 Å². The zero-order valence-corrected chi connectivity index (χ0v) is 13.8. The standard InChI is InChI=1S/C17H25N3O2/c1-12-7-5-6-8-13(12)15(17(2,3)4)18-9-10-20-14(21)11-19-16(20)22/h5-8,15,18H,9-11H2,1-4H3,(H,19,22). The van der Waals surface area contributed by atoms with Crippen LogP contribution in [0, 0.1) is 12.3 Å². The molecular weight excluding hydrogens is 278 g/mol. The smallest absolute Gasteiger partial charge is 0.324 e. The lowest BCUT2D eigenvalue weighted by Crippen LogP contribution is -2.40. The first-order valence-corrected chi connectivity index (χ1v) is 7.68. The average Bonchev–Trinajstić information content (AvgIpc) is 2.75. The molecule has 0 aromatic heterocycles. The van der Waals surface area contributed by atoms with E-state index in [9.17, 15) is 9.59 Å². The number of urea groups is 1. The highest BCUT2D eigenvalue weighted by Crippen LogP contribution is 2.34. The largest absolute Gasteiger partial charge is 0.329 e. The summed E-state index contributed by atoms with van der Waals surface area (Å²) in [6, 6.07) is 8.18. The van der Waals surface area contributed by atoms with Crippen molar-refractivity contribution < 1.29 is 9.59 Å². The number of nitrogens with zero attached hydrogens (tertiary/aromatic N) is 1. The first-order chi connectivity index (χ1) is 10.3. The zero-order valence-electron chi connectivity index (χ0n) is 13.8. The molecule has 2 N–H and O–H groups in total. The van der Waals surface area contributed by atoms with Crippen molar-refractivity contribution in [1.82, 2.24) is 15.5 Å². The van der Waals surface area contributed by atoms with E-state index in [-0.39, 0.29) is 29.9 Å². The molecule has 1 aromatic rings. The molecule has 1 atom stereocenters. The Kier molecular flexibility index (Phi) is 4.86. The number of carbonyl (C=O) groups excluding carboxylic acids is 2. The maximum Gasteiger partial charge on any atom is 0.324 e. The van der Waals surface area contributed by atoms with Crippen molar-refractivity contribution in [2.45, 2.75) is 33.7 Å². The molecule has 3 amide bonds. The van der Waals surface area contributed by atoms with Gasteiger partial charge in [0.2, 0.25) is 5.91 Å². The summed E-state index contributed by atoms with van der Waals surface area (Å²) < 4.78 is 0. The third-order valence-corrected chi connectivity index (χ3v) is 3.99. The summed E-state index contributed by atoms with van der Waals surface area (Å²) in [5.74, 6) is -0.157. The number of aryl methyl sites for hydroxylation is 1. The summed E-state index contributed by atoms with van der Waals surface area (Å²) in [6.07, 6.45) is 0. The fourth-order valence-corrected chi connectivity index (χ4v) is 2.80. The summed E-state index contributed by atoms with van der Waals surface area (Å²) in [6.45, 7) is 9.74. The fourth-order valence-electron chi connectivity index (χ4n) is 2.80. The predicted octanol–water partition coefficient (Wildman–Crippen LogP) is 2.22. The first-order valence-electron chi connectivity index (χ1n) is 7.68. The summed E-state index contributed by atoms with van der Waals surface area (Å²) in [5.41, 5.74) is 2.53. The molecule has 1 aliphatic heterocycles. The van der Waals surface area contributed by atoms with Crippen LogP contribution in [-0.4, -0.2) is 36.5 Å². The number of imide groups is 1. The van der Waals surface area contributed by atoms with E-state index in [1.807, 2.05) is 12.1 Å². The van der Waals surface area contributed by atoms with Gasteiger partial charge in [-0.1, -0.05) is 45.0 Å². The number of hydrogen-bond acceptors (Lipinski definition) is 3. The molecule has 22 heavy (non-hydrogen) atoms. The quantitative estimate of drug-likeness (QED) is 0.820. The molecule has 0 bridgehead atoms. The molecule has 0 aliphatic carbocycles. The molecule has 1 aliphatic rings. The number of amides is 3. The Morgan fingerprint density at radius 3 is 2.50 bits per heavy atom. The van der Waals surface area contributed by atoms with E-state index in [4.69, 9.17) is 0 Å². The molecule has 0 saturated carbocycles. The van der Waals surface area contributed by atoms with Crippen molar-refractivity contribution in [3.05, 3.63) is 35.4 Å². The SMILES string of the molecule is Cc1ccccc1C(NCCN1C(=O)CNC1=O)C(C)(C)C. The first kappa shape index (κ1) is 16.5. The zero-order chi connectivity index (χ0) is 16.3. The fraction of sp³-hybridized carbons (Fsp3) is 0.529. The van der Waals surface area contributed by atoms with Gasteiger partial charge >= 0.3 is 6.03 Å². The number of rotatable bonds is 5. The van der Waals surface area contributed by atoms with Gasteiger partial charge in [-0.2, -0.15) is 0 Å². The summed E-state index contributed by atoms with van der Waals surface area (Å²) in [5, 5.41) is 6.05. The Balaban J connectivity index is 2.04. The van der Waals surface area contributed by atoms with Crippen molar-refractivity contribution in [3.8, 4) is 0 Å². The van der Waals surface area contributed by atoms with Gasteiger partial charge in [-0.15, -0.1) is 0 Å². The van der Waals surface area contributed by atoms with Crippen molar-refractivity contribution in [2.24, 2.45) is 5.41 Å². The molecule has 1 aromatic carbocycles. The molecule has 5 heteroatoms. The number of carbonyl (C=O) groups is 2. The van der Waals surface area contributed by atoms with E-state index in [0.717, 1.165) is 0 Å². The lowest BCUT2D eigenvalue weighted by atomic mass is 9.81. The second-order valence-electron chi connectivity index (χ2n) is 6.81. The van der Waals surface area contributed by atoms with Crippen molar-refractivity contribution >= 4 is 11.9 Å². The van der Waals surface area contributed by atoms with Crippen LogP contribution in [0.2, 0.25) is 0 Å². The predicted molar refractivity (Wildman–Crippen MR) is 86.5 cm³/mol. The summed E-state index contributed by atoms with van der Waals surface area (Å²) >= 11 is 0. The maximum atomic E-state index is 11.6. The van der Waals surface area contributed by atoms with Gasteiger partial charge in [-0.05, 0) is 23.5 Å². The molecule has 1 heterocycles. The molecule has 2 rings (SSSR count). The van der Waals surface area contributed by atoms with E-state index < -0.39 is 0 Å². The Hall–Kier alpha value is -1.88. The van der Waals surface area contributed by atoms with E-state index in [1.54, 1.807) is 0 Å². The Morgan fingerprint density at radius 1 is 1.27 bits per heavy atom. The van der Waals surface area contributed by atoms with Gasteiger partial charge in [-0.3, -0.25) is 9.69 Å². The van der Waals surface area contributed by atoms with Crippen molar-refractivity contribution in [1.29, 1.82) is 0 Å². The van der Waals surface area contributed by atoms with Crippen LogP contribution < -0.4 is 10.6 Å². The molecule has 120 valence electrons. The van der Waals surface area contributed by atoms with Gasteiger partial charge < -0.3 is 10.6 Å². The molecule has 0 radical (unpaired) electrons. The molecule has 5 nitrogen and oxygen atoms in total. The Bertz CT molecular complexity index is 547. The molecule has 1 fully saturated rings. The average molecular weight is 303 g/mol. The number of benzene rings is 1. The van der Waals surface area contributed by atoms with Gasteiger partial charge in [0.15, 0.2) is 0 Å². The van der Waals surface area contributed by atoms with Crippen LogP contribution in [0.25, 0.3) is 0 Å². The van der Waals surface area contributed by atoms with E-state index in [0.29, 0.717) is 13.1 Å². The van der Waals surface area contributed by atoms with Crippen LogP contribution in [-0.2, 0) is 4.79 Å². The Labute approximate surface area is 132 Å². The van der Waals surface area contributed by atoms with Gasteiger partial charge in [0, 0.05) is 19.1 Å². The monoisotopic (exact) mass is 303 g/mol. The van der Waals surface area contributed by atoms with Crippen LogP contribution in [0.15, 0.2) is 24.3 Å². The van der Waals surface area contributed by atoms with E-state index in [2.05, 4.69) is 50.5 Å². The normalized spacial score (nSPS) is 16.8. The minimum Gasteiger partial charge on any atom is -0.329 e. The number of hydrogen-bond donors (Lipinski definition) is 2. The van der Waals surface area contributed by atoms with Crippen molar-refractivity contribution in [3.63, 3.8) is 0 Å². The molecule has 1 unspecified atom stereocenters. The minimum absolute atomic E-state index is 0.0311. The highest BCUT2D eigenvalue weighted by atomic mass is 16.2. The lowest BCUT2D eigenvalue weighted by molar-refractivity contribution is -0.124. The number of nitrogens with one attached hydrogen (secondary N) is 2. The van der Waals surface area contributed by atoms with Crippen molar-refractivity contribution in [2.75, 3.05) is 19.6 Å². The summed E-state index contributed by atoms with van der Waals surface area (Å²) in [7, 11) is 0. The van der Waals surface area contributed by atoms with Gasteiger partial charge in [0.05, 0.1) is 6.54 Å². The second kappa shape index (κ2) is 6.48.